The molecule has 25 heavy (non-hydrogen) atoms. The second-order valence-corrected chi connectivity index (χ2v) is 6.35. The first-order valence-corrected chi connectivity index (χ1v) is 7.95. The first kappa shape index (κ1) is 16.9. The van der Waals surface area contributed by atoms with Crippen LogP contribution in [0.15, 0.2) is 23.8 Å². The number of anilines is 1. The molecule has 8 nitrogen and oxygen atoms in total. The molecule has 1 aromatic carbocycles. The summed E-state index contributed by atoms with van der Waals surface area (Å²) < 4.78 is 10.7. The van der Waals surface area contributed by atoms with Gasteiger partial charge in [-0.3, -0.25) is 10.1 Å². The van der Waals surface area contributed by atoms with Gasteiger partial charge in [0.25, 0.3) is 11.5 Å². The maximum atomic E-state index is 12.3. The minimum Gasteiger partial charge on any atom is -0.419 e. The minimum absolute atomic E-state index is 0.137. The molecule has 1 heterocycles. The molecule has 132 valence electrons. The normalized spacial score (nSPS) is 18.7. The summed E-state index contributed by atoms with van der Waals surface area (Å²) in [6, 6.07) is 4.23. The predicted octanol–water partition coefficient (Wildman–Crippen LogP) is 2.41. The summed E-state index contributed by atoms with van der Waals surface area (Å²) in [6.07, 6.45) is 3.94. The molecule has 8 heteroatoms. The molecule has 2 fully saturated rings. The van der Waals surface area contributed by atoms with E-state index in [9.17, 15) is 19.7 Å². The summed E-state index contributed by atoms with van der Waals surface area (Å²) in [5, 5.41) is 11.0. The van der Waals surface area contributed by atoms with Crippen molar-refractivity contribution in [3.63, 3.8) is 0 Å². The number of nitrogens with zero attached hydrogens (tertiary/aromatic N) is 2. The molecule has 1 saturated carbocycles. The molecule has 1 saturated heterocycles. The number of hydrogen-bond donors (Lipinski definition) is 0. The summed E-state index contributed by atoms with van der Waals surface area (Å²) in [7, 11) is 3.52. The highest BCUT2D eigenvalue weighted by Crippen LogP contribution is 2.39. The Hall–Kier alpha value is -2.90. The zero-order chi connectivity index (χ0) is 18.2. The molecule has 1 aromatic rings. The van der Waals surface area contributed by atoms with E-state index in [1.807, 2.05) is 0 Å². The van der Waals surface area contributed by atoms with Crippen molar-refractivity contribution in [2.75, 3.05) is 19.0 Å². The van der Waals surface area contributed by atoms with E-state index >= 15 is 0 Å². The van der Waals surface area contributed by atoms with Crippen LogP contribution in [-0.2, 0) is 19.1 Å². The van der Waals surface area contributed by atoms with Crippen LogP contribution in [0.2, 0.25) is 0 Å². The van der Waals surface area contributed by atoms with Crippen LogP contribution in [0.4, 0.5) is 11.4 Å². The first-order valence-electron chi connectivity index (χ1n) is 7.95. The summed E-state index contributed by atoms with van der Waals surface area (Å²) in [6.45, 7) is 0. The Labute approximate surface area is 144 Å². The van der Waals surface area contributed by atoms with Crippen molar-refractivity contribution in [2.45, 2.75) is 31.5 Å². The van der Waals surface area contributed by atoms with Crippen molar-refractivity contribution in [2.24, 2.45) is 0 Å². The number of rotatable bonds is 3. The average Bonchev–Trinajstić information content (AvgIpc) is 2.98. The Morgan fingerprint density at radius 2 is 1.76 bits per heavy atom. The number of nitro benzene ring substituents is 1. The van der Waals surface area contributed by atoms with E-state index in [1.54, 1.807) is 25.1 Å². The van der Waals surface area contributed by atoms with Gasteiger partial charge in [0.05, 0.1) is 4.92 Å². The summed E-state index contributed by atoms with van der Waals surface area (Å²) >= 11 is 0. The van der Waals surface area contributed by atoms with Crippen molar-refractivity contribution < 1.29 is 24.0 Å². The molecule has 2 aliphatic rings. The van der Waals surface area contributed by atoms with E-state index in [4.69, 9.17) is 9.47 Å². The highest BCUT2D eigenvalue weighted by atomic mass is 16.7. The minimum atomic E-state index is -1.14. The molecule has 0 bridgehead atoms. The number of benzene rings is 1. The van der Waals surface area contributed by atoms with Gasteiger partial charge in [-0.15, -0.1) is 0 Å². The Balaban J connectivity index is 1.99. The molecule has 1 aliphatic carbocycles. The van der Waals surface area contributed by atoms with Crippen LogP contribution >= 0.6 is 0 Å². The third kappa shape index (κ3) is 3.19. The molecule has 0 amide bonds. The second-order valence-electron chi connectivity index (χ2n) is 6.35. The number of hydrogen-bond acceptors (Lipinski definition) is 7. The highest BCUT2D eigenvalue weighted by molar-refractivity contribution is 6.19. The third-order valence-electron chi connectivity index (χ3n) is 4.37. The van der Waals surface area contributed by atoms with Crippen LogP contribution in [0.25, 0.3) is 6.08 Å². The van der Waals surface area contributed by atoms with E-state index in [1.165, 1.54) is 18.2 Å². The first-order chi connectivity index (χ1) is 11.8. The predicted molar refractivity (Wildman–Crippen MR) is 88.8 cm³/mol. The fourth-order valence-electron chi connectivity index (χ4n) is 3.12. The number of ether oxygens (including phenoxy) is 2. The summed E-state index contributed by atoms with van der Waals surface area (Å²) in [4.78, 5) is 36.9. The quantitative estimate of drug-likeness (QED) is 0.272. The van der Waals surface area contributed by atoms with Crippen molar-refractivity contribution >= 4 is 29.4 Å². The highest BCUT2D eigenvalue weighted by Gasteiger charge is 2.47. The smallest absolute Gasteiger partial charge is 0.348 e. The Bertz CT molecular complexity index is 755. The van der Waals surface area contributed by atoms with Crippen LogP contribution in [0.1, 0.15) is 31.2 Å². The Kier molecular flexibility index (Phi) is 4.20. The lowest BCUT2D eigenvalue weighted by Gasteiger charge is -2.33. The van der Waals surface area contributed by atoms with Crippen LogP contribution in [0, 0.1) is 10.1 Å². The average molecular weight is 346 g/mol. The molecule has 0 N–H and O–H groups in total. The number of carbonyl (C=O) groups is 2. The molecule has 0 atom stereocenters. The van der Waals surface area contributed by atoms with Crippen molar-refractivity contribution in [1.82, 2.24) is 0 Å². The van der Waals surface area contributed by atoms with E-state index in [-0.39, 0.29) is 11.3 Å². The number of non-ortho nitro benzene ring substituents is 1. The summed E-state index contributed by atoms with van der Waals surface area (Å²) in [5.74, 6) is -2.65. The maximum absolute atomic E-state index is 12.3. The molecule has 1 spiro atoms. The fourth-order valence-corrected chi connectivity index (χ4v) is 3.12. The van der Waals surface area contributed by atoms with Gasteiger partial charge in [-0.05, 0) is 25.0 Å². The van der Waals surface area contributed by atoms with Crippen molar-refractivity contribution in [1.29, 1.82) is 0 Å². The topological polar surface area (TPSA) is 99.0 Å². The third-order valence-corrected chi connectivity index (χ3v) is 4.37. The monoisotopic (exact) mass is 346 g/mol. The molecule has 0 radical (unpaired) electrons. The van der Waals surface area contributed by atoms with Gasteiger partial charge in [-0.2, -0.15) is 0 Å². The number of nitro groups is 1. The molecule has 1 aliphatic heterocycles. The van der Waals surface area contributed by atoms with E-state index in [2.05, 4.69) is 0 Å². The van der Waals surface area contributed by atoms with Crippen molar-refractivity contribution in [3.8, 4) is 0 Å². The Morgan fingerprint density at radius 3 is 2.28 bits per heavy atom. The number of carbonyl (C=O) groups excluding carboxylic acids is 2. The van der Waals surface area contributed by atoms with Crippen LogP contribution in [0.5, 0.6) is 0 Å². The van der Waals surface area contributed by atoms with Crippen LogP contribution < -0.4 is 4.90 Å². The Morgan fingerprint density at radius 1 is 1.16 bits per heavy atom. The molecular weight excluding hydrogens is 328 g/mol. The molecule has 0 unspecified atom stereocenters. The lowest BCUT2D eigenvalue weighted by molar-refractivity contribution is -0.384. The van der Waals surface area contributed by atoms with Gasteiger partial charge >= 0.3 is 11.9 Å². The van der Waals surface area contributed by atoms with Gasteiger partial charge in [0.2, 0.25) is 0 Å². The van der Waals surface area contributed by atoms with Gasteiger partial charge in [-0.1, -0.05) is 0 Å². The van der Waals surface area contributed by atoms with Crippen molar-refractivity contribution in [3.05, 3.63) is 39.4 Å². The van der Waals surface area contributed by atoms with E-state index in [0.717, 1.165) is 12.8 Å². The zero-order valence-electron chi connectivity index (χ0n) is 14.0. The van der Waals surface area contributed by atoms with Gasteiger partial charge in [0.1, 0.15) is 5.57 Å². The van der Waals surface area contributed by atoms with Gasteiger partial charge in [0, 0.05) is 50.3 Å². The summed E-state index contributed by atoms with van der Waals surface area (Å²) in [5.41, 5.74) is 0.591. The largest absolute Gasteiger partial charge is 0.419 e. The van der Waals surface area contributed by atoms with Crippen LogP contribution in [-0.4, -0.2) is 36.7 Å². The van der Waals surface area contributed by atoms with Gasteiger partial charge < -0.3 is 14.4 Å². The van der Waals surface area contributed by atoms with E-state index in [0.29, 0.717) is 24.1 Å². The molecule has 3 rings (SSSR count). The van der Waals surface area contributed by atoms with Gasteiger partial charge in [-0.25, -0.2) is 9.59 Å². The lowest BCUT2D eigenvalue weighted by atomic mass is 10.1. The van der Waals surface area contributed by atoms with E-state index < -0.39 is 22.6 Å². The molecule has 0 aromatic heterocycles. The zero-order valence-corrected chi connectivity index (χ0v) is 14.0. The standard InChI is InChI=1S/C17H18N2O6/c1-18(2)14-6-5-12(19(22)23)9-11(14)10-13-15(20)24-17(25-16(13)21)7-3-4-8-17/h5-6,9-10H,3-4,7-8H2,1-2H3. The molecular formula is C17H18N2O6. The van der Waals surface area contributed by atoms with Crippen LogP contribution in [0.3, 0.4) is 0 Å². The number of esters is 2. The SMILES string of the molecule is CN(C)c1ccc([N+](=O)[O-])cc1C=C1C(=O)OC2(CCCC2)OC1=O. The second kappa shape index (κ2) is 6.19. The lowest BCUT2D eigenvalue weighted by Crippen LogP contribution is -2.44. The van der Waals surface area contributed by atoms with Gasteiger partial charge in [0.15, 0.2) is 0 Å². The fraction of sp³-hybridized carbons (Fsp3) is 0.412. The maximum Gasteiger partial charge on any atom is 0.348 e.